The highest BCUT2D eigenvalue weighted by atomic mass is 32.2. The third kappa shape index (κ3) is 3.53. The quantitative estimate of drug-likeness (QED) is 0.715. The summed E-state index contributed by atoms with van der Waals surface area (Å²) in [5, 5.41) is 0. The third-order valence-electron chi connectivity index (χ3n) is 3.61. The van der Waals surface area contributed by atoms with E-state index in [4.69, 9.17) is 17.9 Å². The highest BCUT2D eigenvalue weighted by Crippen LogP contribution is 2.33. The molecule has 0 saturated carbocycles. The number of nitrogens with zero attached hydrogens (tertiary/aromatic N) is 3. The van der Waals surface area contributed by atoms with Crippen LogP contribution in [0.4, 0.5) is 5.69 Å². The molecule has 1 heterocycles. The van der Waals surface area contributed by atoms with Gasteiger partial charge in [0.1, 0.15) is 11.5 Å². The molecule has 1 aliphatic rings. The van der Waals surface area contributed by atoms with Crippen molar-refractivity contribution < 1.29 is 4.74 Å². The molecule has 0 bridgehead atoms. The van der Waals surface area contributed by atoms with Gasteiger partial charge in [-0.05, 0) is 36.4 Å². The van der Waals surface area contributed by atoms with Crippen molar-refractivity contribution in [1.29, 1.82) is 0 Å². The summed E-state index contributed by atoms with van der Waals surface area (Å²) in [7, 11) is 0. The van der Waals surface area contributed by atoms with Crippen molar-refractivity contribution in [3.05, 3.63) is 88.8 Å². The van der Waals surface area contributed by atoms with Crippen molar-refractivity contribution in [2.75, 3.05) is 23.1 Å². The van der Waals surface area contributed by atoms with E-state index in [1.54, 1.807) is 11.8 Å². The van der Waals surface area contributed by atoms with Crippen LogP contribution in [0.5, 0.6) is 11.5 Å². The van der Waals surface area contributed by atoms with Crippen LogP contribution in [0.3, 0.4) is 0 Å². The molecule has 2 aromatic rings. The fourth-order valence-corrected chi connectivity index (χ4v) is 3.50. The van der Waals surface area contributed by atoms with E-state index in [0.29, 0.717) is 0 Å². The molecule has 0 radical (unpaired) electrons. The zero-order valence-corrected chi connectivity index (χ0v) is 13.8. The van der Waals surface area contributed by atoms with Crippen LogP contribution in [0.25, 0.3) is 9.69 Å². The third-order valence-corrected chi connectivity index (χ3v) is 4.57. The van der Waals surface area contributed by atoms with Crippen molar-refractivity contribution >= 4 is 17.4 Å². The molecule has 0 atom stereocenters. The number of benzene rings is 2. The zero-order chi connectivity index (χ0) is 16.8. The summed E-state index contributed by atoms with van der Waals surface area (Å²) in [5.41, 5.74) is 2.60. The van der Waals surface area contributed by atoms with Crippen molar-refractivity contribution in [3.8, 4) is 11.5 Å². The Hall–Kier alpha value is -2.89. The smallest absolute Gasteiger partial charge is 0.292 e. The fourth-order valence-electron chi connectivity index (χ4n) is 2.45. The van der Waals surface area contributed by atoms with Crippen LogP contribution in [0.2, 0.25) is 0 Å². The number of ether oxygens (including phenoxy) is 1. The lowest BCUT2D eigenvalue weighted by molar-refractivity contribution is 0.482. The van der Waals surface area contributed by atoms with Crippen LogP contribution in [0, 0.1) is 13.1 Å². The van der Waals surface area contributed by atoms with Crippen LogP contribution in [0.15, 0.2) is 66.0 Å². The Kier molecular flexibility index (Phi) is 5.05. The van der Waals surface area contributed by atoms with Crippen molar-refractivity contribution in [2.24, 2.45) is 0 Å². The largest absolute Gasteiger partial charge is 0.457 e. The highest BCUT2D eigenvalue weighted by Gasteiger charge is 2.23. The van der Waals surface area contributed by atoms with E-state index < -0.39 is 0 Å². The second-order valence-corrected chi connectivity index (χ2v) is 6.12. The molecule has 0 amide bonds. The maximum atomic E-state index is 7.31. The summed E-state index contributed by atoms with van der Waals surface area (Å²) >= 11 is 1.71. The normalized spacial score (nSPS) is 13.2. The molecule has 0 aliphatic carbocycles. The first-order valence-electron chi connectivity index (χ1n) is 7.43. The number of rotatable bonds is 5. The Labute approximate surface area is 146 Å². The van der Waals surface area contributed by atoms with E-state index in [2.05, 4.69) is 9.69 Å². The van der Waals surface area contributed by atoms with Gasteiger partial charge in [-0.1, -0.05) is 18.2 Å². The summed E-state index contributed by atoms with van der Waals surface area (Å²) in [6.45, 7) is 14.7. The van der Waals surface area contributed by atoms with Gasteiger partial charge in [-0.25, -0.2) is 11.4 Å². The lowest BCUT2D eigenvalue weighted by atomic mass is 10.2. The van der Waals surface area contributed by atoms with Gasteiger partial charge in [0.15, 0.2) is 5.70 Å². The van der Waals surface area contributed by atoms with E-state index in [-0.39, 0.29) is 6.67 Å². The minimum atomic E-state index is 0.216. The molecule has 0 aromatic heterocycles. The molecule has 0 N–H and O–H groups in total. The summed E-state index contributed by atoms with van der Waals surface area (Å²) in [6.07, 6.45) is 0. The Balaban J connectivity index is 1.83. The second kappa shape index (κ2) is 7.59. The van der Waals surface area contributed by atoms with Crippen LogP contribution in [0.1, 0.15) is 0 Å². The maximum absolute atomic E-state index is 7.31. The standard InChI is InChI=1S/C19H15N3OS/c1-20-14-22(19-13-24-12-18(19)21-2)15-8-10-17(11-9-15)23-16-6-4-3-5-7-16/h3-11H,12-14H2. The van der Waals surface area contributed by atoms with Crippen molar-refractivity contribution in [3.63, 3.8) is 0 Å². The molecule has 0 spiro atoms. The van der Waals surface area contributed by atoms with E-state index in [0.717, 1.165) is 40.1 Å². The predicted molar refractivity (Wildman–Crippen MR) is 97.9 cm³/mol. The van der Waals surface area contributed by atoms with Gasteiger partial charge in [0.25, 0.3) is 6.67 Å². The summed E-state index contributed by atoms with van der Waals surface area (Å²) in [4.78, 5) is 9.05. The summed E-state index contributed by atoms with van der Waals surface area (Å²) < 4.78 is 5.80. The van der Waals surface area contributed by atoms with Gasteiger partial charge in [-0.3, -0.25) is 9.74 Å². The second-order valence-electron chi connectivity index (χ2n) is 5.13. The molecule has 4 nitrogen and oxygen atoms in total. The molecule has 2 aromatic carbocycles. The number of para-hydroxylation sites is 1. The molecular formula is C19H15N3OS. The average molecular weight is 333 g/mol. The van der Waals surface area contributed by atoms with Crippen molar-refractivity contribution in [1.82, 2.24) is 0 Å². The van der Waals surface area contributed by atoms with Crippen LogP contribution < -0.4 is 9.64 Å². The minimum absolute atomic E-state index is 0.216. The van der Waals surface area contributed by atoms with Crippen molar-refractivity contribution in [2.45, 2.75) is 0 Å². The van der Waals surface area contributed by atoms with Gasteiger partial charge >= 0.3 is 0 Å². The zero-order valence-electron chi connectivity index (χ0n) is 13.0. The van der Waals surface area contributed by atoms with Gasteiger partial charge in [0.05, 0.1) is 6.57 Å². The van der Waals surface area contributed by atoms with Gasteiger partial charge in [-0.15, -0.1) is 0 Å². The summed E-state index contributed by atoms with van der Waals surface area (Å²) in [6, 6.07) is 17.2. The van der Waals surface area contributed by atoms with Gasteiger partial charge < -0.3 is 4.74 Å². The Morgan fingerprint density at radius 2 is 1.67 bits per heavy atom. The molecular weight excluding hydrogens is 318 g/mol. The minimum Gasteiger partial charge on any atom is -0.457 e. The molecule has 0 fully saturated rings. The Morgan fingerprint density at radius 3 is 2.33 bits per heavy atom. The lowest BCUT2D eigenvalue weighted by Gasteiger charge is -2.21. The first-order valence-corrected chi connectivity index (χ1v) is 8.58. The average Bonchev–Trinajstić information content (AvgIpc) is 3.10. The maximum Gasteiger partial charge on any atom is 0.292 e. The first kappa shape index (κ1) is 16.0. The topological polar surface area (TPSA) is 21.2 Å². The molecule has 0 saturated heterocycles. The first-order chi connectivity index (χ1) is 11.8. The van der Waals surface area contributed by atoms with E-state index in [9.17, 15) is 0 Å². The lowest BCUT2D eigenvalue weighted by Crippen LogP contribution is -2.23. The molecule has 118 valence electrons. The van der Waals surface area contributed by atoms with E-state index in [1.807, 2.05) is 59.5 Å². The van der Waals surface area contributed by atoms with Crippen LogP contribution in [-0.4, -0.2) is 18.2 Å². The number of thioether (sulfide) groups is 1. The molecule has 5 heteroatoms. The monoisotopic (exact) mass is 333 g/mol. The summed E-state index contributed by atoms with van der Waals surface area (Å²) in [5.74, 6) is 3.03. The predicted octanol–water partition coefficient (Wildman–Crippen LogP) is 5.04. The Bertz CT molecular complexity index is 816. The SMILES string of the molecule is [C-]#[N+]CN(C1=C([N+]#[C-])CSC1)c1ccc(Oc2ccccc2)cc1. The number of hydrogen-bond acceptors (Lipinski definition) is 3. The fraction of sp³-hybridized carbons (Fsp3) is 0.158. The van der Waals surface area contributed by atoms with Gasteiger partial charge in [0.2, 0.25) is 0 Å². The van der Waals surface area contributed by atoms with Gasteiger partial charge in [0, 0.05) is 22.9 Å². The Morgan fingerprint density at radius 1 is 0.958 bits per heavy atom. The molecule has 3 rings (SSSR count). The van der Waals surface area contributed by atoms with Gasteiger partial charge in [-0.2, -0.15) is 11.8 Å². The molecule has 1 aliphatic heterocycles. The number of hydrogen-bond donors (Lipinski definition) is 0. The highest BCUT2D eigenvalue weighted by molar-refractivity contribution is 7.99. The van der Waals surface area contributed by atoms with E-state index in [1.165, 1.54) is 0 Å². The van der Waals surface area contributed by atoms with E-state index >= 15 is 0 Å². The van der Waals surface area contributed by atoms with Crippen LogP contribution >= 0.6 is 11.8 Å². The number of anilines is 1. The van der Waals surface area contributed by atoms with Crippen LogP contribution in [-0.2, 0) is 0 Å². The molecule has 24 heavy (non-hydrogen) atoms. The molecule has 0 unspecified atom stereocenters.